The van der Waals surface area contributed by atoms with Gasteiger partial charge in [-0.1, -0.05) is 6.07 Å². The lowest BCUT2D eigenvalue weighted by molar-refractivity contribution is 0.174. The largest absolute Gasteiger partial charge is 0.497 e. The molecule has 2 aliphatic rings. The van der Waals surface area contributed by atoms with Crippen LogP contribution in [0.2, 0.25) is 0 Å². The van der Waals surface area contributed by atoms with E-state index in [4.69, 9.17) is 14.2 Å². The number of fused-ring (bicyclic) bond motifs is 2. The molecule has 132 valence electrons. The molecule has 0 N–H and O–H groups in total. The van der Waals surface area contributed by atoms with Crippen molar-refractivity contribution in [3.8, 4) is 17.2 Å². The Morgan fingerprint density at radius 3 is 2.92 bits per heavy atom. The Bertz CT molecular complexity index is 976. The first kappa shape index (κ1) is 15.3. The van der Waals surface area contributed by atoms with Crippen LogP contribution in [0.1, 0.15) is 24.4 Å². The predicted molar refractivity (Wildman–Crippen MR) is 98.0 cm³/mol. The first-order chi connectivity index (χ1) is 12.8. The molecular weight excluding hydrogens is 330 g/mol. The van der Waals surface area contributed by atoms with Gasteiger partial charge < -0.3 is 19.1 Å². The molecule has 0 spiro atoms. The van der Waals surface area contributed by atoms with Crippen LogP contribution in [-0.2, 0) is 0 Å². The van der Waals surface area contributed by atoms with E-state index >= 15 is 0 Å². The van der Waals surface area contributed by atoms with Gasteiger partial charge in [-0.15, -0.1) is 0 Å². The summed E-state index contributed by atoms with van der Waals surface area (Å²) in [6, 6.07) is 12.4. The Balaban J connectivity index is 1.58. The van der Waals surface area contributed by atoms with Gasteiger partial charge in [-0.25, -0.2) is 9.97 Å². The first-order valence-electron chi connectivity index (χ1n) is 8.78. The second-order valence-electron chi connectivity index (χ2n) is 6.54. The fourth-order valence-corrected chi connectivity index (χ4v) is 3.87. The van der Waals surface area contributed by atoms with E-state index in [2.05, 4.69) is 27.0 Å². The molecule has 2 aliphatic heterocycles. The average molecular weight is 349 g/mol. The van der Waals surface area contributed by atoms with Crippen molar-refractivity contribution in [1.82, 2.24) is 9.97 Å². The van der Waals surface area contributed by atoms with Gasteiger partial charge in [0.05, 0.1) is 18.7 Å². The highest BCUT2D eigenvalue weighted by atomic mass is 16.7. The summed E-state index contributed by atoms with van der Waals surface area (Å²) in [6.07, 6.45) is 3.84. The fraction of sp³-hybridized carbons (Fsp3) is 0.300. The van der Waals surface area contributed by atoms with Crippen LogP contribution in [0.4, 0.5) is 5.82 Å². The zero-order valence-corrected chi connectivity index (χ0v) is 14.5. The maximum Gasteiger partial charge on any atom is 0.231 e. The van der Waals surface area contributed by atoms with Crippen molar-refractivity contribution in [2.24, 2.45) is 0 Å². The van der Waals surface area contributed by atoms with E-state index in [1.54, 1.807) is 13.4 Å². The Labute approximate surface area is 151 Å². The number of rotatable bonds is 3. The number of anilines is 1. The van der Waals surface area contributed by atoms with Crippen LogP contribution in [0.5, 0.6) is 17.2 Å². The SMILES string of the molecule is COc1ccc2ncnc(N3CCCC3c3ccc4c(c3)OCO4)c2c1. The Morgan fingerprint density at radius 2 is 2.00 bits per heavy atom. The van der Waals surface area contributed by atoms with Crippen molar-refractivity contribution in [1.29, 1.82) is 0 Å². The van der Waals surface area contributed by atoms with Gasteiger partial charge in [0, 0.05) is 11.9 Å². The van der Waals surface area contributed by atoms with Crippen LogP contribution < -0.4 is 19.1 Å². The van der Waals surface area contributed by atoms with Gasteiger partial charge in [0.1, 0.15) is 17.9 Å². The standard InChI is InChI=1S/C20H19N3O3/c1-24-14-5-6-16-15(10-14)20(22-11-21-16)23-8-2-3-17(23)13-4-7-18-19(9-13)26-12-25-18/h4-7,9-11,17H,2-3,8,12H2,1H3. The summed E-state index contributed by atoms with van der Waals surface area (Å²) in [6.45, 7) is 1.26. The molecule has 6 nitrogen and oxygen atoms in total. The molecule has 2 aromatic carbocycles. The van der Waals surface area contributed by atoms with Gasteiger partial charge in [0.2, 0.25) is 6.79 Å². The molecule has 0 aliphatic carbocycles. The number of hydrogen-bond donors (Lipinski definition) is 0. The number of ether oxygens (including phenoxy) is 3. The summed E-state index contributed by atoms with van der Waals surface area (Å²) in [5.74, 6) is 3.40. The smallest absolute Gasteiger partial charge is 0.231 e. The highest BCUT2D eigenvalue weighted by Gasteiger charge is 2.29. The van der Waals surface area contributed by atoms with Crippen molar-refractivity contribution in [3.63, 3.8) is 0 Å². The van der Waals surface area contributed by atoms with Gasteiger partial charge in [0.25, 0.3) is 0 Å². The van der Waals surface area contributed by atoms with Crippen molar-refractivity contribution in [2.75, 3.05) is 25.3 Å². The molecule has 1 atom stereocenters. The molecule has 26 heavy (non-hydrogen) atoms. The van der Waals surface area contributed by atoms with E-state index in [1.165, 1.54) is 5.56 Å². The minimum atomic E-state index is 0.258. The number of hydrogen-bond acceptors (Lipinski definition) is 6. The molecular formula is C20H19N3O3. The molecule has 6 heteroatoms. The molecule has 3 aromatic rings. The summed E-state index contributed by atoms with van der Waals surface area (Å²) in [5.41, 5.74) is 2.15. The van der Waals surface area contributed by atoms with Gasteiger partial charge in [-0.3, -0.25) is 0 Å². The van der Waals surface area contributed by atoms with E-state index in [-0.39, 0.29) is 6.04 Å². The molecule has 0 saturated carbocycles. The third-order valence-corrected chi connectivity index (χ3v) is 5.13. The molecule has 5 rings (SSSR count). The third kappa shape index (κ3) is 2.41. The van der Waals surface area contributed by atoms with Crippen molar-refractivity contribution in [2.45, 2.75) is 18.9 Å². The van der Waals surface area contributed by atoms with Crippen LogP contribution in [0.3, 0.4) is 0 Å². The molecule has 1 aromatic heterocycles. The van der Waals surface area contributed by atoms with Gasteiger partial charge in [-0.2, -0.15) is 0 Å². The highest BCUT2D eigenvalue weighted by Crippen LogP contribution is 2.41. The lowest BCUT2D eigenvalue weighted by Gasteiger charge is -2.27. The zero-order valence-electron chi connectivity index (χ0n) is 14.5. The molecule has 1 unspecified atom stereocenters. The van der Waals surface area contributed by atoms with Crippen molar-refractivity contribution in [3.05, 3.63) is 48.3 Å². The van der Waals surface area contributed by atoms with Gasteiger partial charge in [-0.05, 0) is 48.7 Å². The normalized spacial score (nSPS) is 18.5. The lowest BCUT2D eigenvalue weighted by Crippen LogP contribution is -2.24. The van der Waals surface area contributed by atoms with Crippen LogP contribution in [0, 0.1) is 0 Å². The zero-order chi connectivity index (χ0) is 17.5. The molecule has 0 radical (unpaired) electrons. The maximum absolute atomic E-state index is 5.56. The first-order valence-corrected chi connectivity index (χ1v) is 8.78. The Morgan fingerprint density at radius 1 is 1.08 bits per heavy atom. The minimum Gasteiger partial charge on any atom is -0.497 e. The highest BCUT2D eigenvalue weighted by molar-refractivity contribution is 5.90. The van der Waals surface area contributed by atoms with Crippen LogP contribution in [-0.4, -0.2) is 30.4 Å². The van der Waals surface area contributed by atoms with Crippen LogP contribution in [0.25, 0.3) is 10.9 Å². The average Bonchev–Trinajstić information content (AvgIpc) is 3.35. The van der Waals surface area contributed by atoms with E-state index in [1.807, 2.05) is 24.3 Å². The van der Waals surface area contributed by atoms with Gasteiger partial charge in [0.15, 0.2) is 11.5 Å². The number of benzene rings is 2. The van der Waals surface area contributed by atoms with E-state index in [0.717, 1.165) is 53.4 Å². The van der Waals surface area contributed by atoms with Crippen molar-refractivity contribution >= 4 is 16.7 Å². The quantitative estimate of drug-likeness (QED) is 0.718. The van der Waals surface area contributed by atoms with Crippen LogP contribution in [0.15, 0.2) is 42.7 Å². The van der Waals surface area contributed by atoms with Crippen molar-refractivity contribution < 1.29 is 14.2 Å². The maximum atomic E-state index is 5.56. The molecule has 0 amide bonds. The van der Waals surface area contributed by atoms with Gasteiger partial charge >= 0.3 is 0 Å². The van der Waals surface area contributed by atoms with E-state index in [9.17, 15) is 0 Å². The number of nitrogens with zero attached hydrogens (tertiary/aromatic N) is 3. The van der Waals surface area contributed by atoms with E-state index in [0.29, 0.717) is 6.79 Å². The summed E-state index contributed by atoms with van der Waals surface area (Å²) < 4.78 is 16.4. The Kier molecular flexibility index (Phi) is 3.55. The third-order valence-electron chi connectivity index (χ3n) is 5.13. The molecule has 1 saturated heterocycles. The topological polar surface area (TPSA) is 56.7 Å². The monoisotopic (exact) mass is 349 g/mol. The summed E-state index contributed by atoms with van der Waals surface area (Å²) in [5, 5.41) is 1.01. The predicted octanol–water partition coefficient (Wildman–Crippen LogP) is 3.71. The second-order valence-corrected chi connectivity index (χ2v) is 6.54. The summed E-state index contributed by atoms with van der Waals surface area (Å²) >= 11 is 0. The second kappa shape index (κ2) is 6.05. The Hall–Kier alpha value is -3.02. The minimum absolute atomic E-state index is 0.258. The summed E-state index contributed by atoms with van der Waals surface area (Å²) in [4.78, 5) is 11.4. The molecule has 0 bridgehead atoms. The number of methoxy groups -OCH3 is 1. The molecule has 1 fully saturated rings. The molecule has 3 heterocycles. The fourth-order valence-electron chi connectivity index (χ4n) is 3.87. The number of aromatic nitrogens is 2. The van der Waals surface area contributed by atoms with E-state index < -0.39 is 0 Å². The lowest BCUT2D eigenvalue weighted by atomic mass is 10.0. The van der Waals surface area contributed by atoms with Crippen LogP contribution >= 0.6 is 0 Å². The summed E-state index contributed by atoms with van der Waals surface area (Å²) in [7, 11) is 1.68.